The molecule has 3 aromatic carbocycles. The Morgan fingerprint density at radius 2 is 1.42 bits per heavy atom. The molecule has 4 nitrogen and oxygen atoms in total. The molecule has 1 aliphatic rings. The summed E-state index contributed by atoms with van der Waals surface area (Å²) in [6, 6.07) is 18.3. The summed E-state index contributed by atoms with van der Waals surface area (Å²) in [6.07, 6.45) is 0.259. The van der Waals surface area contributed by atoms with Crippen LogP contribution in [-0.2, 0) is 17.7 Å². The highest BCUT2D eigenvalue weighted by Crippen LogP contribution is 2.35. The van der Waals surface area contributed by atoms with Crippen LogP contribution in [0.1, 0.15) is 22.7 Å². The molecule has 0 bridgehead atoms. The molecule has 0 saturated carbocycles. The van der Waals surface area contributed by atoms with Crippen molar-refractivity contribution >= 4 is 34.5 Å². The van der Waals surface area contributed by atoms with Gasteiger partial charge < -0.3 is 0 Å². The van der Waals surface area contributed by atoms with E-state index >= 15 is 0 Å². The molecule has 4 rings (SSSR count). The zero-order valence-corrected chi connectivity index (χ0v) is 19.8. The van der Waals surface area contributed by atoms with Gasteiger partial charge in [0.2, 0.25) is 11.3 Å². The monoisotopic (exact) mass is 510 g/mol. The predicted molar refractivity (Wildman–Crippen MR) is 128 cm³/mol. The van der Waals surface area contributed by atoms with E-state index in [2.05, 4.69) is 4.90 Å². The van der Waals surface area contributed by atoms with Gasteiger partial charge in [-0.05, 0) is 59.5 Å². The molecular weight excluding hydrogens is 489 g/mol. The van der Waals surface area contributed by atoms with Crippen LogP contribution >= 0.6 is 23.2 Å². The van der Waals surface area contributed by atoms with Gasteiger partial charge in [-0.1, -0.05) is 47.5 Å². The van der Waals surface area contributed by atoms with Crippen LogP contribution in [-0.4, -0.2) is 43.6 Å². The van der Waals surface area contributed by atoms with Crippen molar-refractivity contribution in [3.05, 3.63) is 105 Å². The van der Waals surface area contributed by atoms with Crippen molar-refractivity contribution in [3.8, 4) is 0 Å². The quantitative estimate of drug-likeness (QED) is 0.393. The van der Waals surface area contributed by atoms with Crippen LogP contribution in [0.15, 0.2) is 66.7 Å². The molecule has 0 aromatic heterocycles. The van der Waals surface area contributed by atoms with Crippen molar-refractivity contribution in [2.24, 2.45) is 0 Å². The fraction of sp³-hybridized carbons (Fsp3) is 0.250. The number of nitrogens with zero attached hydrogens (tertiary/aromatic N) is 2. The van der Waals surface area contributed by atoms with Gasteiger partial charge in [-0.25, -0.2) is 13.0 Å². The van der Waals surface area contributed by atoms with Gasteiger partial charge in [-0.3, -0.25) is 9.45 Å². The molecule has 174 valence electrons. The first-order valence-electron chi connectivity index (χ1n) is 10.4. The van der Waals surface area contributed by atoms with Gasteiger partial charge in [-0.15, -0.1) is 0 Å². The number of hydrogen-bond donors (Lipinski definition) is 1. The first-order chi connectivity index (χ1) is 15.8. The number of likely N-dealkylation sites (tertiary alicyclic amines) is 1. The maximum atomic E-state index is 13.5. The third kappa shape index (κ3) is 5.98. The zero-order valence-electron chi connectivity index (χ0n) is 17.5. The second-order valence-electron chi connectivity index (χ2n) is 8.01. The standard InChI is InChI=1S/C24H22Cl2F2N2O2S/c25-19-5-1-17(2-6-19)24(18-3-7-20(26)8-4-18)29-14-23(15-29)30(33(31)32)10-9-16-11-21(27)13-22(28)12-16/h1-8,11-13,23-24H,9-10,14-15H2,(H,31,32). The molecule has 1 unspecified atom stereocenters. The summed E-state index contributed by atoms with van der Waals surface area (Å²) in [6.45, 7) is 1.32. The second kappa shape index (κ2) is 10.6. The number of halogens is 4. The van der Waals surface area contributed by atoms with Gasteiger partial charge in [0.1, 0.15) is 11.6 Å². The number of hydrogen-bond acceptors (Lipinski definition) is 2. The fourth-order valence-corrected chi connectivity index (χ4v) is 5.06. The third-order valence-corrected chi connectivity index (χ3v) is 7.16. The van der Waals surface area contributed by atoms with E-state index in [-0.39, 0.29) is 25.0 Å². The molecule has 0 aliphatic carbocycles. The Morgan fingerprint density at radius 1 is 0.939 bits per heavy atom. The van der Waals surface area contributed by atoms with E-state index in [9.17, 15) is 17.5 Å². The van der Waals surface area contributed by atoms with Crippen LogP contribution in [0.25, 0.3) is 0 Å². The Balaban J connectivity index is 1.48. The molecule has 0 spiro atoms. The van der Waals surface area contributed by atoms with Crippen molar-refractivity contribution in [2.75, 3.05) is 19.6 Å². The average molecular weight is 511 g/mol. The molecule has 1 fully saturated rings. The van der Waals surface area contributed by atoms with E-state index < -0.39 is 22.9 Å². The lowest BCUT2D eigenvalue weighted by Crippen LogP contribution is -2.60. The van der Waals surface area contributed by atoms with Crippen molar-refractivity contribution in [3.63, 3.8) is 0 Å². The van der Waals surface area contributed by atoms with Gasteiger partial charge in [0.05, 0.1) is 12.1 Å². The normalized spacial score (nSPS) is 15.7. The van der Waals surface area contributed by atoms with Crippen LogP contribution in [0, 0.1) is 11.6 Å². The zero-order chi connectivity index (χ0) is 23.5. The molecule has 1 saturated heterocycles. The van der Waals surface area contributed by atoms with Gasteiger partial charge in [-0.2, -0.15) is 4.31 Å². The topological polar surface area (TPSA) is 43.8 Å². The molecule has 1 N–H and O–H groups in total. The molecule has 0 radical (unpaired) electrons. The molecule has 3 aromatic rings. The summed E-state index contributed by atoms with van der Waals surface area (Å²) < 4.78 is 50.3. The molecule has 1 heterocycles. The van der Waals surface area contributed by atoms with Gasteiger partial charge in [0, 0.05) is 35.7 Å². The van der Waals surface area contributed by atoms with Gasteiger partial charge in [0.15, 0.2) is 0 Å². The van der Waals surface area contributed by atoms with Crippen LogP contribution in [0.3, 0.4) is 0 Å². The van der Waals surface area contributed by atoms with Crippen LogP contribution in [0.2, 0.25) is 10.0 Å². The van der Waals surface area contributed by atoms with Gasteiger partial charge >= 0.3 is 0 Å². The maximum Gasteiger partial charge on any atom is 0.234 e. The molecule has 1 atom stereocenters. The minimum atomic E-state index is -2.21. The summed E-state index contributed by atoms with van der Waals surface area (Å²) >= 11 is 9.93. The Labute approximate surface area is 204 Å². The Bertz CT molecular complexity index is 1060. The van der Waals surface area contributed by atoms with Crippen LogP contribution in [0.4, 0.5) is 8.78 Å². The third-order valence-electron chi connectivity index (χ3n) is 5.78. The number of benzene rings is 3. The summed E-state index contributed by atoms with van der Waals surface area (Å²) in [5.41, 5.74) is 2.54. The highest BCUT2D eigenvalue weighted by molar-refractivity contribution is 7.76. The van der Waals surface area contributed by atoms with Crippen molar-refractivity contribution in [1.29, 1.82) is 0 Å². The first kappa shape index (κ1) is 24.3. The maximum absolute atomic E-state index is 13.5. The largest absolute Gasteiger partial charge is 0.294 e. The van der Waals surface area contributed by atoms with Crippen LogP contribution in [0.5, 0.6) is 0 Å². The average Bonchev–Trinajstić information content (AvgIpc) is 2.73. The van der Waals surface area contributed by atoms with E-state index in [1.807, 2.05) is 48.5 Å². The molecule has 0 amide bonds. The summed E-state index contributed by atoms with van der Waals surface area (Å²) in [4.78, 5) is 2.21. The highest BCUT2D eigenvalue weighted by Gasteiger charge is 2.39. The fourth-order valence-electron chi connectivity index (χ4n) is 4.17. The van der Waals surface area contributed by atoms with Crippen LogP contribution < -0.4 is 0 Å². The second-order valence-corrected chi connectivity index (χ2v) is 9.82. The minimum Gasteiger partial charge on any atom is -0.294 e. The minimum absolute atomic E-state index is 0.0675. The Kier molecular flexibility index (Phi) is 7.79. The lowest BCUT2D eigenvalue weighted by Gasteiger charge is -2.47. The predicted octanol–water partition coefficient (Wildman–Crippen LogP) is 5.73. The van der Waals surface area contributed by atoms with Crippen molar-refractivity contribution in [1.82, 2.24) is 9.21 Å². The van der Waals surface area contributed by atoms with E-state index in [1.165, 1.54) is 16.4 Å². The first-order valence-corrected chi connectivity index (χ1v) is 12.2. The van der Waals surface area contributed by atoms with Crippen molar-refractivity contribution < 1.29 is 17.5 Å². The lowest BCUT2D eigenvalue weighted by molar-refractivity contribution is 0.0528. The smallest absolute Gasteiger partial charge is 0.234 e. The summed E-state index contributed by atoms with van der Waals surface area (Å²) in [7, 11) is 0. The van der Waals surface area contributed by atoms with Crippen molar-refractivity contribution in [2.45, 2.75) is 18.5 Å². The van der Waals surface area contributed by atoms with E-state index in [1.54, 1.807) is 0 Å². The lowest BCUT2D eigenvalue weighted by atomic mass is 9.93. The Morgan fingerprint density at radius 3 is 1.88 bits per heavy atom. The van der Waals surface area contributed by atoms with Gasteiger partial charge in [0.25, 0.3) is 0 Å². The highest BCUT2D eigenvalue weighted by atomic mass is 35.5. The molecule has 1 aliphatic heterocycles. The number of rotatable bonds is 8. The summed E-state index contributed by atoms with van der Waals surface area (Å²) in [5, 5.41) is 1.29. The SMILES string of the molecule is O=S(O)N(CCc1cc(F)cc(F)c1)C1CN(C(c2ccc(Cl)cc2)c2ccc(Cl)cc2)C1. The van der Waals surface area contributed by atoms with E-state index in [0.717, 1.165) is 17.2 Å². The van der Waals surface area contributed by atoms with E-state index in [4.69, 9.17) is 23.2 Å². The Hall–Kier alpha value is -1.87. The summed E-state index contributed by atoms with van der Waals surface area (Å²) in [5.74, 6) is -1.32. The molecule has 9 heteroatoms. The van der Waals surface area contributed by atoms with E-state index in [0.29, 0.717) is 28.7 Å². The molecular formula is C24H22Cl2F2N2O2S. The molecule has 33 heavy (non-hydrogen) atoms.